The lowest BCUT2D eigenvalue weighted by molar-refractivity contribution is -0.156. The second-order valence-corrected chi connectivity index (χ2v) is 3.85. The summed E-state index contributed by atoms with van der Waals surface area (Å²) in [6.07, 6.45) is -2.59. The Kier molecular flexibility index (Phi) is 4.08. The van der Waals surface area contributed by atoms with E-state index < -0.39 is 18.3 Å². The van der Waals surface area contributed by atoms with Crippen molar-refractivity contribution >= 4 is 12.0 Å². The summed E-state index contributed by atoms with van der Waals surface area (Å²) in [6.45, 7) is -0.215. The SMILES string of the molecule is CN(C)C(=O)[C@@H]1CN(C(=O)O)C[C@H](CO)O1. The first-order valence-electron chi connectivity index (χ1n) is 4.91. The molecule has 2 atom stereocenters. The minimum atomic E-state index is -1.11. The van der Waals surface area contributed by atoms with E-state index in [-0.39, 0.29) is 25.6 Å². The molecule has 2 amide bonds. The summed E-state index contributed by atoms with van der Waals surface area (Å²) in [5.41, 5.74) is 0. The summed E-state index contributed by atoms with van der Waals surface area (Å²) in [5, 5.41) is 17.8. The summed E-state index contributed by atoms with van der Waals surface area (Å²) in [4.78, 5) is 24.9. The molecule has 1 fully saturated rings. The van der Waals surface area contributed by atoms with E-state index in [4.69, 9.17) is 14.9 Å². The predicted octanol–water partition coefficient (Wildman–Crippen LogP) is -1.19. The lowest BCUT2D eigenvalue weighted by atomic mass is 10.2. The molecule has 1 saturated heterocycles. The van der Waals surface area contributed by atoms with Crippen LogP contribution in [0.3, 0.4) is 0 Å². The standard InChI is InChI=1S/C9H16N2O5/c1-10(2)8(13)7-4-11(9(14)15)3-6(5-12)16-7/h6-7,12H,3-5H2,1-2H3,(H,14,15)/t6-,7+/m1/s1. The van der Waals surface area contributed by atoms with Crippen molar-refractivity contribution in [2.24, 2.45) is 0 Å². The molecule has 2 N–H and O–H groups in total. The number of aliphatic hydroxyl groups excluding tert-OH is 1. The molecule has 0 saturated carbocycles. The molecule has 0 spiro atoms. The lowest BCUT2D eigenvalue weighted by Gasteiger charge is -2.35. The highest BCUT2D eigenvalue weighted by atomic mass is 16.5. The van der Waals surface area contributed by atoms with Crippen LogP contribution in [0.2, 0.25) is 0 Å². The van der Waals surface area contributed by atoms with Gasteiger partial charge in [0, 0.05) is 14.1 Å². The van der Waals surface area contributed by atoms with Crippen LogP contribution in [0, 0.1) is 0 Å². The van der Waals surface area contributed by atoms with Gasteiger partial charge in [-0.15, -0.1) is 0 Å². The first-order valence-corrected chi connectivity index (χ1v) is 4.91. The molecule has 1 rings (SSSR count). The van der Waals surface area contributed by atoms with E-state index in [0.717, 1.165) is 4.90 Å². The summed E-state index contributed by atoms with van der Waals surface area (Å²) >= 11 is 0. The van der Waals surface area contributed by atoms with Crippen LogP contribution in [0.5, 0.6) is 0 Å². The Labute approximate surface area is 93.2 Å². The van der Waals surface area contributed by atoms with Crippen molar-refractivity contribution in [1.29, 1.82) is 0 Å². The number of rotatable bonds is 2. The van der Waals surface area contributed by atoms with Gasteiger partial charge >= 0.3 is 6.09 Å². The topological polar surface area (TPSA) is 90.3 Å². The van der Waals surface area contributed by atoms with E-state index in [9.17, 15) is 9.59 Å². The Morgan fingerprint density at radius 2 is 2.06 bits per heavy atom. The number of carbonyl (C=O) groups excluding carboxylic acids is 1. The Morgan fingerprint density at radius 3 is 2.50 bits per heavy atom. The second-order valence-electron chi connectivity index (χ2n) is 3.85. The first kappa shape index (κ1) is 12.7. The summed E-state index contributed by atoms with van der Waals surface area (Å²) in [7, 11) is 3.14. The van der Waals surface area contributed by atoms with Gasteiger partial charge in [-0.05, 0) is 0 Å². The van der Waals surface area contributed by atoms with Crippen LogP contribution >= 0.6 is 0 Å². The van der Waals surface area contributed by atoms with Crippen LogP contribution in [0.25, 0.3) is 0 Å². The fourth-order valence-electron chi connectivity index (χ4n) is 1.52. The van der Waals surface area contributed by atoms with Gasteiger partial charge in [-0.2, -0.15) is 0 Å². The number of carboxylic acid groups (broad SMARTS) is 1. The number of carbonyl (C=O) groups is 2. The number of hydrogen-bond donors (Lipinski definition) is 2. The molecule has 1 aliphatic heterocycles. The minimum absolute atomic E-state index is 0.00282. The van der Waals surface area contributed by atoms with Crippen LogP contribution in [0.4, 0.5) is 4.79 Å². The largest absolute Gasteiger partial charge is 0.465 e. The second kappa shape index (κ2) is 5.13. The summed E-state index contributed by atoms with van der Waals surface area (Å²) in [6, 6.07) is 0. The average molecular weight is 232 g/mol. The lowest BCUT2D eigenvalue weighted by Crippen LogP contribution is -2.55. The third kappa shape index (κ3) is 2.83. The van der Waals surface area contributed by atoms with E-state index >= 15 is 0 Å². The molecule has 0 bridgehead atoms. The molecule has 0 aromatic rings. The molecule has 1 heterocycles. The maximum Gasteiger partial charge on any atom is 0.407 e. The molecule has 16 heavy (non-hydrogen) atoms. The molecule has 7 heteroatoms. The Balaban J connectivity index is 2.71. The zero-order valence-corrected chi connectivity index (χ0v) is 9.29. The van der Waals surface area contributed by atoms with Gasteiger partial charge in [0.05, 0.1) is 25.8 Å². The zero-order valence-electron chi connectivity index (χ0n) is 9.29. The third-order valence-corrected chi connectivity index (χ3v) is 2.36. The summed E-state index contributed by atoms with van der Waals surface area (Å²) < 4.78 is 5.29. The van der Waals surface area contributed by atoms with Gasteiger partial charge < -0.3 is 24.7 Å². The van der Waals surface area contributed by atoms with Crippen molar-refractivity contribution in [2.75, 3.05) is 33.8 Å². The maximum atomic E-state index is 11.6. The van der Waals surface area contributed by atoms with Crippen molar-refractivity contribution < 1.29 is 24.5 Å². The Hall–Kier alpha value is -1.34. The van der Waals surface area contributed by atoms with E-state index in [2.05, 4.69) is 0 Å². The highest BCUT2D eigenvalue weighted by Crippen LogP contribution is 2.12. The van der Waals surface area contributed by atoms with Crippen molar-refractivity contribution in [2.45, 2.75) is 12.2 Å². The molecular formula is C9H16N2O5. The highest BCUT2D eigenvalue weighted by molar-refractivity contribution is 5.81. The highest BCUT2D eigenvalue weighted by Gasteiger charge is 2.34. The molecule has 92 valence electrons. The number of likely N-dealkylation sites (N-methyl/N-ethyl adjacent to an activating group) is 1. The molecule has 7 nitrogen and oxygen atoms in total. The molecule has 0 aromatic carbocycles. The molecule has 0 aromatic heterocycles. The van der Waals surface area contributed by atoms with Gasteiger partial charge in [0.25, 0.3) is 5.91 Å². The zero-order chi connectivity index (χ0) is 12.3. The smallest absolute Gasteiger partial charge is 0.407 e. The number of hydrogen-bond acceptors (Lipinski definition) is 4. The van der Waals surface area contributed by atoms with Gasteiger partial charge in [-0.25, -0.2) is 4.79 Å². The quantitative estimate of drug-likeness (QED) is 0.625. The minimum Gasteiger partial charge on any atom is -0.465 e. The summed E-state index contributed by atoms with van der Waals surface area (Å²) in [5.74, 6) is -0.301. The Morgan fingerprint density at radius 1 is 1.44 bits per heavy atom. The van der Waals surface area contributed by atoms with Gasteiger partial charge in [0.2, 0.25) is 0 Å². The van der Waals surface area contributed by atoms with Crippen LogP contribution in [0.1, 0.15) is 0 Å². The fourth-order valence-corrected chi connectivity index (χ4v) is 1.52. The van der Waals surface area contributed by atoms with Crippen molar-refractivity contribution in [3.8, 4) is 0 Å². The van der Waals surface area contributed by atoms with E-state index in [1.165, 1.54) is 4.90 Å². The van der Waals surface area contributed by atoms with Gasteiger partial charge in [-0.1, -0.05) is 0 Å². The van der Waals surface area contributed by atoms with Crippen molar-refractivity contribution in [3.05, 3.63) is 0 Å². The number of ether oxygens (including phenoxy) is 1. The van der Waals surface area contributed by atoms with E-state index in [1.807, 2.05) is 0 Å². The first-order chi connectivity index (χ1) is 7.45. The van der Waals surface area contributed by atoms with Crippen LogP contribution < -0.4 is 0 Å². The van der Waals surface area contributed by atoms with E-state index in [0.29, 0.717) is 0 Å². The third-order valence-electron chi connectivity index (χ3n) is 2.36. The van der Waals surface area contributed by atoms with Gasteiger partial charge in [0.15, 0.2) is 6.10 Å². The van der Waals surface area contributed by atoms with E-state index in [1.54, 1.807) is 14.1 Å². The number of morpholine rings is 1. The molecular weight excluding hydrogens is 216 g/mol. The molecule has 0 aliphatic carbocycles. The van der Waals surface area contributed by atoms with Crippen LogP contribution in [0.15, 0.2) is 0 Å². The average Bonchev–Trinajstić information content (AvgIpc) is 2.27. The molecule has 0 radical (unpaired) electrons. The fraction of sp³-hybridized carbons (Fsp3) is 0.778. The van der Waals surface area contributed by atoms with Gasteiger partial charge in [-0.3, -0.25) is 4.79 Å². The van der Waals surface area contributed by atoms with Crippen molar-refractivity contribution in [1.82, 2.24) is 9.80 Å². The van der Waals surface area contributed by atoms with Crippen LogP contribution in [-0.4, -0.2) is 78.0 Å². The molecule has 1 aliphatic rings. The van der Waals surface area contributed by atoms with Crippen molar-refractivity contribution in [3.63, 3.8) is 0 Å². The monoisotopic (exact) mass is 232 g/mol. The van der Waals surface area contributed by atoms with Gasteiger partial charge in [0.1, 0.15) is 0 Å². The number of aliphatic hydroxyl groups is 1. The maximum absolute atomic E-state index is 11.6. The number of nitrogens with zero attached hydrogens (tertiary/aromatic N) is 2. The predicted molar refractivity (Wildman–Crippen MR) is 54.0 cm³/mol. The number of amides is 2. The Bertz CT molecular complexity index is 281. The molecule has 0 unspecified atom stereocenters. The van der Waals surface area contributed by atoms with Crippen LogP contribution in [-0.2, 0) is 9.53 Å². The normalized spacial score (nSPS) is 25.3.